The number of carbonyl (C=O) groups excluding carboxylic acids is 1. The molecule has 1 N–H and O–H groups in total. The Balaban J connectivity index is 4.50. The third-order valence-corrected chi connectivity index (χ3v) is 2.51. The molecule has 0 saturated heterocycles. The molecule has 0 aromatic heterocycles. The maximum absolute atomic E-state index is 12.2. The standard InChI is InChI=1S/C14H27N3O/c1-5-11-16(12-6-2)17(13-7-3)14(18)9-10-15-8-4/h5-6,15H,1-2,7-13H2,3-4H3. The minimum Gasteiger partial charge on any atom is -0.316 e. The molecule has 0 aliphatic rings. The summed E-state index contributed by atoms with van der Waals surface area (Å²) in [5.41, 5.74) is 0. The number of hydrogen-bond donors (Lipinski definition) is 1. The first-order valence-electron chi connectivity index (χ1n) is 6.68. The number of amides is 1. The minimum atomic E-state index is 0.154. The fourth-order valence-electron chi connectivity index (χ4n) is 1.71. The Kier molecular flexibility index (Phi) is 10.3. The van der Waals surface area contributed by atoms with Gasteiger partial charge in [0.1, 0.15) is 0 Å². The molecule has 18 heavy (non-hydrogen) atoms. The Morgan fingerprint density at radius 2 is 1.83 bits per heavy atom. The van der Waals surface area contributed by atoms with Crippen LogP contribution in [0.1, 0.15) is 26.7 Å². The molecule has 4 heteroatoms. The Hall–Kier alpha value is -1.13. The van der Waals surface area contributed by atoms with Gasteiger partial charge in [-0.3, -0.25) is 9.80 Å². The minimum absolute atomic E-state index is 0.154. The molecule has 0 bridgehead atoms. The van der Waals surface area contributed by atoms with E-state index in [1.165, 1.54) is 0 Å². The summed E-state index contributed by atoms with van der Waals surface area (Å²) in [5.74, 6) is 0.154. The summed E-state index contributed by atoms with van der Waals surface area (Å²) in [5, 5.41) is 6.98. The molecule has 0 radical (unpaired) electrons. The highest BCUT2D eigenvalue weighted by Crippen LogP contribution is 2.03. The molecule has 0 aliphatic carbocycles. The van der Waals surface area contributed by atoms with Crippen molar-refractivity contribution in [1.82, 2.24) is 15.3 Å². The van der Waals surface area contributed by atoms with Gasteiger partial charge in [0.25, 0.3) is 0 Å². The smallest absolute Gasteiger partial charge is 0.238 e. The number of carbonyl (C=O) groups is 1. The van der Waals surface area contributed by atoms with Crippen LogP contribution in [0.15, 0.2) is 25.3 Å². The molecule has 0 aliphatic heterocycles. The van der Waals surface area contributed by atoms with Crippen molar-refractivity contribution in [3.63, 3.8) is 0 Å². The average molecular weight is 253 g/mol. The van der Waals surface area contributed by atoms with E-state index >= 15 is 0 Å². The zero-order valence-electron chi connectivity index (χ0n) is 11.8. The van der Waals surface area contributed by atoms with Crippen LogP contribution in [0.2, 0.25) is 0 Å². The second-order valence-corrected chi connectivity index (χ2v) is 4.07. The van der Waals surface area contributed by atoms with Gasteiger partial charge >= 0.3 is 0 Å². The molecule has 4 nitrogen and oxygen atoms in total. The van der Waals surface area contributed by atoms with Gasteiger partial charge in [0.15, 0.2) is 0 Å². The van der Waals surface area contributed by atoms with E-state index in [0.717, 1.165) is 26.1 Å². The lowest BCUT2D eigenvalue weighted by atomic mass is 10.3. The van der Waals surface area contributed by atoms with Crippen molar-refractivity contribution in [3.05, 3.63) is 25.3 Å². The van der Waals surface area contributed by atoms with E-state index in [1.807, 2.05) is 29.1 Å². The molecule has 0 aromatic carbocycles. The molecule has 1 amide bonds. The van der Waals surface area contributed by atoms with E-state index in [4.69, 9.17) is 0 Å². The molecule has 0 spiro atoms. The molecule has 104 valence electrons. The van der Waals surface area contributed by atoms with Gasteiger partial charge in [0.05, 0.1) is 0 Å². The molecule has 0 saturated carbocycles. The number of hydrazine groups is 1. The molecule has 0 fully saturated rings. The molecule has 0 aromatic rings. The lowest BCUT2D eigenvalue weighted by Gasteiger charge is -2.33. The Bertz CT molecular complexity index is 243. The average Bonchev–Trinajstić information content (AvgIpc) is 2.36. The van der Waals surface area contributed by atoms with Crippen LogP contribution in [0, 0.1) is 0 Å². The summed E-state index contributed by atoms with van der Waals surface area (Å²) in [6.07, 6.45) is 5.09. The Morgan fingerprint density at radius 3 is 2.28 bits per heavy atom. The van der Waals surface area contributed by atoms with Crippen LogP contribution >= 0.6 is 0 Å². The molecule has 0 unspecified atom stereocenters. The monoisotopic (exact) mass is 253 g/mol. The molecular weight excluding hydrogens is 226 g/mol. The van der Waals surface area contributed by atoms with E-state index in [1.54, 1.807) is 0 Å². The number of nitrogens with zero attached hydrogens (tertiary/aromatic N) is 2. The fourth-order valence-corrected chi connectivity index (χ4v) is 1.71. The highest BCUT2D eigenvalue weighted by Gasteiger charge is 2.18. The van der Waals surface area contributed by atoms with Gasteiger partial charge in [-0.15, -0.1) is 13.2 Å². The first kappa shape index (κ1) is 16.9. The summed E-state index contributed by atoms with van der Waals surface area (Å²) >= 11 is 0. The largest absolute Gasteiger partial charge is 0.316 e. The number of nitrogens with one attached hydrogen (secondary N) is 1. The van der Waals surface area contributed by atoms with E-state index in [0.29, 0.717) is 19.5 Å². The van der Waals surface area contributed by atoms with Crippen molar-refractivity contribution in [1.29, 1.82) is 0 Å². The van der Waals surface area contributed by atoms with Gasteiger partial charge in [0.2, 0.25) is 5.91 Å². The van der Waals surface area contributed by atoms with E-state index in [9.17, 15) is 4.79 Å². The summed E-state index contributed by atoms with van der Waals surface area (Å²) in [6.45, 7) is 15.3. The molecule has 0 heterocycles. The van der Waals surface area contributed by atoms with Crippen LogP contribution in [0.5, 0.6) is 0 Å². The second-order valence-electron chi connectivity index (χ2n) is 4.07. The van der Waals surface area contributed by atoms with Crippen LogP contribution in [0.25, 0.3) is 0 Å². The van der Waals surface area contributed by atoms with Gasteiger partial charge in [-0.05, 0) is 13.0 Å². The van der Waals surface area contributed by atoms with Crippen LogP contribution in [-0.2, 0) is 4.79 Å². The molecular formula is C14H27N3O. The van der Waals surface area contributed by atoms with Gasteiger partial charge in [-0.2, -0.15) is 0 Å². The number of rotatable bonds is 11. The second kappa shape index (κ2) is 11.0. The quantitative estimate of drug-likeness (QED) is 0.346. The zero-order chi connectivity index (χ0) is 13.8. The SMILES string of the molecule is C=CCN(CC=C)N(CCC)C(=O)CCNCC. The lowest BCUT2D eigenvalue weighted by molar-refractivity contribution is -0.147. The van der Waals surface area contributed by atoms with Crippen molar-refractivity contribution in [3.8, 4) is 0 Å². The Morgan fingerprint density at radius 1 is 1.22 bits per heavy atom. The van der Waals surface area contributed by atoms with E-state index in [2.05, 4.69) is 25.4 Å². The predicted octanol–water partition coefficient (Wildman–Crippen LogP) is 1.81. The van der Waals surface area contributed by atoms with E-state index in [-0.39, 0.29) is 5.91 Å². The van der Waals surface area contributed by atoms with Gasteiger partial charge in [-0.1, -0.05) is 26.0 Å². The highest BCUT2D eigenvalue weighted by atomic mass is 16.2. The topological polar surface area (TPSA) is 35.6 Å². The summed E-state index contributed by atoms with van der Waals surface area (Å²) in [7, 11) is 0. The first-order valence-corrected chi connectivity index (χ1v) is 6.68. The Labute approximate surface area is 111 Å². The zero-order valence-corrected chi connectivity index (χ0v) is 11.8. The highest BCUT2D eigenvalue weighted by molar-refractivity contribution is 5.75. The molecule has 0 atom stereocenters. The van der Waals surface area contributed by atoms with Gasteiger partial charge in [0, 0.05) is 32.6 Å². The fraction of sp³-hybridized carbons (Fsp3) is 0.643. The van der Waals surface area contributed by atoms with Gasteiger partial charge < -0.3 is 5.32 Å². The van der Waals surface area contributed by atoms with Crippen LogP contribution in [-0.4, -0.2) is 48.6 Å². The predicted molar refractivity (Wildman–Crippen MR) is 77.1 cm³/mol. The van der Waals surface area contributed by atoms with Crippen molar-refractivity contribution in [2.45, 2.75) is 26.7 Å². The maximum atomic E-state index is 12.2. The summed E-state index contributed by atoms with van der Waals surface area (Å²) in [4.78, 5) is 12.2. The van der Waals surface area contributed by atoms with Crippen molar-refractivity contribution < 1.29 is 4.79 Å². The van der Waals surface area contributed by atoms with Crippen LogP contribution < -0.4 is 5.32 Å². The van der Waals surface area contributed by atoms with Crippen molar-refractivity contribution >= 4 is 5.91 Å². The normalized spacial score (nSPS) is 10.4. The molecule has 0 rings (SSSR count). The summed E-state index contributed by atoms with van der Waals surface area (Å²) < 4.78 is 0. The lowest BCUT2D eigenvalue weighted by Crippen LogP contribution is -2.47. The summed E-state index contributed by atoms with van der Waals surface area (Å²) in [6, 6.07) is 0. The number of hydrogen-bond acceptors (Lipinski definition) is 3. The van der Waals surface area contributed by atoms with Gasteiger partial charge in [-0.25, -0.2) is 5.01 Å². The van der Waals surface area contributed by atoms with Crippen molar-refractivity contribution in [2.75, 3.05) is 32.7 Å². The third-order valence-electron chi connectivity index (χ3n) is 2.51. The van der Waals surface area contributed by atoms with Crippen molar-refractivity contribution in [2.24, 2.45) is 0 Å². The first-order chi connectivity index (χ1) is 8.71. The maximum Gasteiger partial charge on any atom is 0.238 e. The van der Waals surface area contributed by atoms with Crippen LogP contribution in [0.4, 0.5) is 0 Å². The third kappa shape index (κ3) is 6.57. The van der Waals surface area contributed by atoms with Crippen LogP contribution in [0.3, 0.4) is 0 Å². The van der Waals surface area contributed by atoms with E-state index < -0.39 is 0 Å².